The van der Waals surface area contributed by atoms with Gasteiger partial charge in [-0.2, -0.15) is 0 Å². The van der Waals surface area contributed by atoms with Crippen LogP contribution in [0.5, 0.6) is 0 Å². The largest absolute Gasteiger partial charge is 0.475 e. The molecule has 1 heterocycles. The zero-order valence-corrected chi connectivity index (χ0v) is 11.8. The quantitative estimate of drug-likeness (QED) is 0.920. The van der Waals surface area contributed by atoms with Crippen molar-refractivity contribution in [1.29, 1.82) is 0 Å². The molecule has 1 aromatic rings. The van der Waals surface area contributed by atoms with Gasteiger partial charge in [-0.3, -0.25) is 0 Å². The smallest absolute Gasteiger partial charge is 0.371 e. The summed E-state index contributed by atoms with van der Waals surface area (Å²) >= 11 is 0. The maximum atomic E-state index is 10.9. The molecule has 0 amide bonds. The SMILES string of the molecule is CN(c1ccc(C(=O)O)o1)C1C2CC3CC(C2)CC1C3. The third-order valence-electron chi connectivity index (χ3n) is 5.77. The van der Waals surface area contributed by atoms with Crippen molar-refractivity contribution >= 4 is 11.9 Å². The second kappa shape index (κ2) is 4.27. The molecule has 4 fully saturated rings. The summed E-state index contributed by atoms with van der Waals surface area (Å²) in [5.41, 5.74) is 0. The third-order valence-corrected chi connectivity index (χ3v) is 5.77. The molecule has 0 atom stereocenters. The second-order valence-corrected chi connectivity index (χ2v) is 6.98. The average molecular weight is 275 g/mol. The van der Waals surface area contributed by atoms with Gasteiger partial charge < -0.3 is 14.4 Å². The van der Waals surface area contributed by atoms with Gasteiger partial charge in [0.15, 0.2) is 5.88 Å². The number of hydrogen-bond acceptors (Lipinski definition) is 3. The van der Waals surface area contributed by atoms with Crippen LogP contribution in [0.25, 0.3) is 0 Å². The van der Waals surface area contributed by atoms with Crippen LogP contribution in [0.3, 0.4) is 0 Å². The van der Waals surface area contributed by atoms with E-state index in [4.69, 9.17) is 9.52 Å². The van der Waals surface area contributed by atoms with E-state index in [1.165, 1.54) is 32.1 Å². The fourth-order valence-electron chi connectivity index (χ4n) is 5.31. The van der Waals surface area contributed by atoms with E-state index in [0.717, 1.165) is 23.7 Å². The van der Waals surface area contributed by atoms with Gasteiger partial charge in [-0.1, -0.05) is 0 Å². The molecule has 4 bridgehead atoms. The molecule has 4 saturated carbocycles. The van der Waals surface area contributed by atoms with Gasteiger partial charge in [-0.25, -0.2) is 4.79 Å². The van der Waals surface area contributed by atoms with Crippen molar-refractivity contribution in [2.75, 3.05) is 11.9 Å². The van der Waals surface area contributed by atoms with E-state index in [0.29, 0.717) is 11.9 Å². The lowest BCUT2D eigenvalue weighted by Gasteiger charge is -2.56. The Morgan fingerprint density at radius 2 is 1.75 bits per heavy atom. The summed E-state index contributed by atoms with van der Waals surface area (Å²) < 4.78 is 5.49. The lowest BCUT2D eigenvalue weighted by molar-refractivity contribution is -0.00227. The highest BCUT2D eigenvalue weighted by Crippen LogP contribution is 2.55. The number of carboxylic acid groups (broad SMARTS) is 1. The molecule has 4 heteroatoms. The average Bonchev–Trinajstić information content (AvgIpc) is 2.86. The number of rotatable bonds is 3. The molecule has 0 unspecified atom stereocenters. The molecular formula is C16H21NO3. The highest BCUT2D eigenvalue weighted by molar-refractivity contribution is 5.84. The minimum atomic E-state index is -0.991. The number of nitrogens with zero attached hydrogens (tertiary/aromatic N) is 1. The third kappa shape index (κ3) is 1.77. The van der Waals surface area contributed by atoms with Crippen molar-refractivity contribution in [1.82, 2.24) is 0 Å². The predicted molar refractivity (Wildman–Crippen MR) is 74.9 cm³/mol. The van der Waals surface area contributed by atoms with Crippen LogP contribution >= 0.6 is 0 Å². The molecule has 1 aromatic heterocycles. The van der Waals surface area contributed by atoms with Crippen LogP contribution in [0.4, 0.5) is 5.88 Å². The minimum Gasteiger partial charge on any atom is -0.475 e. The highest BCUT2D eigenvalue weighted by atomic mass is 16.4. The molecule has 4 aliphatic rings. The van der Waals surface area contributed by atoms with Crippen molar-refractivity contribution < 1.29 is 14.3 Å². The number of furan rings is 1. The fraction of sp³-hybridized carbons (Fsp3) is 0.688. The van der Waals surface area contributed by atoms with E-state index in [1.54, 1.807) is 12.1 Å². The fourth-order valence-corrected chi connectivity index (χ4v) is 5.31. The van der Waals surface area contributed by atoms with E-state index < -0.39 is 5.97 Å². The number of anilines is 1. The van der Waals surface area contributed by atoms with Gasteiger partial charge in [0, 0.05) is 19.2 Å². The summed E-state index contributed by atoms with van der Waals surface area (Å²) in [7, 11) is 2.07. The van der Waals surface area contributed by atoms with Gasteiger partial charge in [0.05, 0.1) is 0 Å². The first kappa shape index (κ1) is 12.3. The lowest BCUT2D eigenvalue weighted by atomic mass is 9.54. The summed E-state index contributed by atoms with van der Waals surface area (Å²) in [4.78, 5) is 13.2. The second-order valence-electron chi connectivity index (χ2n) is 6.98. The van der Waals surface area contributed by atoms with Crippen molar-refractivity contribution in [3.8, 4) is 0 Å². The monoisotopic (exact) mass is 275 g/mol. The standard InChI is InChI=1S/C16H21NO3/c1-17(14-3-2-13(20-14)16(18)19)15-11-5-9-4-10(7-11)8-12(15)6-9/h2-3,9-12,15H,4-8H2,1H3,(H,18,19). The van der Waals surface area contributed by atoms with Crippen LogP contribution in [0, 0.1) is 23.7 Å². The molecule has 4 nitrogen and oxygen atoms in total. The Morgan fingerprint density at radius 1 is 1.15 bits per heavy atom. The Balaban J connectivity index is 1.58. The van der Waals surface area contributed by atoms with E-state index in [-0.39, 0.29) is 5.76 Å². The number of hydrogen-bond donors (Lipinski definition) is 1. The van der Waals surface area contributed by atoms with Crippen LogP contribution in [0.15, 0.2) is 16.5 Å². The van der Waals surface area contributed by atoms with E-state index >= 15 is 0 Å². The number of carbonyl (C=O) groups is 1. The highest BCUT2D eigenvalue weighted by Gasteiger charge is 2.49. The molecule has 5 rings (SSSR count). The first-order chi connectivity index (χ1) is 9.61. The maximum Gasteiger partial charge on any atom is 0.371 e. The predicted octanol–water partition coefficient (Wildman–Crippen LogP) is 3.24. The first-order valence-corrected chi connectivity index (χ1v) is 7.67. The molecular weight excluding hydrogens is 254 g/mol. The van der Waals surface area contributed by atoms with E-state index in [9.17, 15) is 4.79 Å². The Labute approximate surface area is 118 Å². The Hall–Kier alpha value is -1.45. The van der Waals surface area contributed by atoms with Crippen molar-refractivity contribution in [2.24, 2.45) is 23.7 Å². The topological polar surface area (TPSA) is 53.7 Å². The Bertz CT molecular complexity index is 508. The van der Waals surface area contributed by atoms with Gasteiger partial charge in [-0.15, -0.1) is 0 Å². The van der Waals surface area contributed by atoms with Gasteiger partial charge in [0.25, 0.3) is 0 Å². The Kier molecular flexibility index (Phi) is 2.63. The minimum absolute atomic E-state index is 0.0377. The zero-order chi connectivity index (χ0) is 13.9. The number of carboxylic acids is 1. The van der Waals surface area contributed by atoms with Crippen LogP contribution in [0.2, 0.25) is 0 Å². The summed E-state index contributed by atoms with van der Waals surface area (Å²) in [5, 5.41) is 8.98. The zero-order valence-electron chi connectivity index (χ0n) is 11.8. The Morgan fingerprint density at radius 3 is 2.25 bits per heavy atom. The van der Waals surface area contributed by atoms with Crippen molar-refractivity contribution in [3.05, 3.63) is 17.9 Å². The normalized spacial score (nSPS) is 38.1. The van der Waals surface area contributed by atoms with Crippen molar-refractivity contribution in [2.45, 2.75) is 38.1 Å². The molecule has 20 heavy (non-hydrogen) atoms. The van der Waals surface area contributed by atoms with Gasteiger partial charge in [0.2, 0.25) is 5.76 Å². The first-order valence-electron chi connectivity index (χ1n) is 7.67. The van der Waals surface area contributed by atoms with Gasteiger partial charge in [-0.05, 0) is 61.8 Å². The molecule has 0 aliphatic heterocycles. The summed E-state index contributed by atoms with van der Waals surface area (Å²) in [6, 6.07) is 3.90. The van der Waals surface area contributed by atoms with Crippen LogP contribution < -0.4 is 4.90 Å². The van der Waals surface area contributed by atoms with E-state index in [1.807, 2.05) is 0 Å². The summed E-state index contributed by atoms with van der Waals surface area (Å²) in [5.74, 6) is 3.20. The summed E-state index contributed by atoms with van der Waals surface area (Å²) in [6.45, 7) is 0. The molecule has 0 spiro atoms. The van der Waals surface area contributed by atoms with Crippen molar-refractivity contribution in [3.63, 3.8) is 0 Å². The van der Waals surface area contributed by atoms with Crippen LogP contribution in [-0.2, 0) is 0 Å². The van der Waals surface area contributed by atoms with Gasteiger partial charge >= 0.3 is 5.97 Å². The van der Waals surface area contributed by atoms with Crippen LogP contribution in [-0.4, -0.2) is 24.2 Å². The molecule has 0 aromatic carbocycles. The summed E-state index contributed by atoms with van der Waals surface area (Å²) in [6.07, 6.45) is 6.87. The lowest BCUT2D eigenvalue weighted by Crippen LogP contribution is -2.55. The molecule has 1 N–H and O–H groups in total. The molecule has 0 saturated heterocycles. The molecule has 0 radical (unpaired) electrons. The molecule has 108 valence electrons. The molecule has 4 aliphatic carbocycles. The number of aromatic carboxylic acids is 1. The van der Waals surface area contributed by atoms with Crippen LogP contribution in [0.1, 0.15) is 42.7 Å². The maximum absolute atomic E-state index is 10.9. The van der Waals surface area contributed by atoms with Gasteiger partial charge in [0.1, 0.15) is 0 Å². The van der Waals surface area contributed by atoms with E-state index in [2.05, 4.69) is 11.9 Å².